The Morgan fingerprint density at radius 3 is 2.66 bits per heavy atom. The maximum Gasteiger partial charge on any atom is 0.139 e. The number of ketones is 1. The highest BCUT2D eigenvalue weighted by molar-refractivity contribution is 5.87. The number of carbonyl (C=O) groups excluding carboxylic acids is 1. The summed E-state index contributed by atoms with van der Waals surface area (Å²) in [6.07, 6.45) is 9.18. The fraction of sp³-hybridized carbons (Fsp3) is 0.519. The molecule has 152 valence electrons. The fourth-order valence-electron chi connectivity index (χ4n) is 7.00. The molecule has 0 aromatic heterocycles. The summed E-state index contributed by atoms with van der Waals surface area (Å²) >= 11 is 0. The lowest BCUT2D eigenvalue weighted by atomic mass is 9.54. The molecule has 1 N–H and O–H groups in total. The van der Waals surface area contributed by atoms with Crippen LogP contribution < -0.4 is 0 Å². The maximum absolute atomic E-state index is 12.8. The Bertz CT molecular complexity index is 916. The van der Waals surface area contributed by atoms with Crippen molar-refractivity contribution in [2.75, 3.05) is 0 Å². The summed E-state index contributed by atoms with van der Waals surface area (Å²) in [5.41, 5.74) is 5.21. The lowest BCUT2D eigenvalue weighted by molar-refractivity contribution is -0.131. The van der Waals surface area contributed by atoms with Crippen LogP contribution >= 0.6 is 0 Å². The second-order valence-corrected chi connectivity index (χ2v) is 9.59. The number of Topliss-reactive ketones (excluding diaryl/α,β-unsaturated/α-hetero) is 1. The first-order chi connectivity index (χ1) is 14.1. The predicted octanol–water partition coefficient (Wildman–Crippen LogP) is 5.99. The van der Waals surface area contributed by atoms with E-state index in [0.29, 0.717) is 29.3 Å². The summed E-state index contributed by atoms with van der Waals surface area (Å²) in [6.45, 7) is 2.23. The fourth-order valence-corrected chi connectivity index (χ4v) is 7.00. The van der Waals surface area contributed by atoms with E-state index >= 15 is 0 Å². The van der Waals surface area contributed by atoms with Crippen LogP contribution in [-0.2, 0) is 24.1 Å². The van der Waals surface area contributed by atoms with Gasteiger partial charge in [-0.25, -0.2) is 0 Å². The van der Waals surface area contributed by atoms with Gasteiger partial charge in [-0.3, -0.25) is 4.79 Å². The number of hydrogen-bond donors (Lipinski definition) is 1. The Morgan fingerprint density at radius 2 is 1.86 bits per heavy atom. The molecule has 0 radical (unpaired) electrons. The summed E-state index contributed by atoms with van der Waals surface area (Å²) in [7, 11) is 0. The van der Waals surface area contributed by atoms with Gasteiger partial charge < -0.3 is 5.11 Å². The van der Waals surface area contributed by atoms with Crippen molar-refractivity contribution in [3.05, 3.63) is 64.7 Å². The van der Waals surface area contributed by atoms with Crippen molar-refractivity contribution in [1.29, 1.82) is 0 Å². The van der Waals surface area contributed by atoms with E-state index < -0.39 is 0 Å². The normalized spacial score (nSPS) is 30.5. The summed E-state index contributed by atoms with van der Waals surface area (Å²) in [5.74, 6) is 2.81. The molecule has 29 heavy (non-hydrogen) atoms. The standard InChI is InChI=1S/C27H32O2/c1-2-27-15-14-21-22(24(27)12-13-26(27)29)11-10-19-17-25(28)20(16-23(19)21)9-8-18-6-4-3-5-7-18/h3-7,16-17,21-22,24,28H,2,8-15H2,1H3/t21-,22+,24-,27-/m0/s1. The van der Waals surface area contributed by atoms with Gasteiger partial charge in [0, 0.05) is 11.8 Å². The van der Waals surface area contributed by atoms with Crippen LogP contribution in [0.15, 0.2) is 42.5 Å². The lowest BCUT2D eigenvalue weighted by Crippen LogP contribution is -2.44. The summed E-state index contributed by atoms with van der Waals surface area (Å²) in [5, 5.41) is 10.7. The molecule has 0 aliphatic heterocycles. The Labute approximate surface area is 174 Å². The molecule has 2 saturated carbocycles. The van der Waals surface area contributed by atoms with Crippen LogP contribution in [0.5, 0.6) is 5.75 Å². The Morgan fingerprint density at radius 1 is 1.03 bits per heavy atom. The smallest absolute Gasteiger partial charge is 0.139 e. The van der Waals surface area contributed by atoms with Crippen molar-refractivity contribution in [3.63, 3.8) is 0 Å². The van der Waals surface area contributed by atoms with Crippen LogP contribution in [0, 0.1) is 17.3 Å². The molecule has 0 unspecified atom stereocenters. The van der Waals surface area contributed by atoms with Gasteiger partial charge >= 0.3 is 0 Å². The van der Waals surface area contributed by atoms with Crippen molar-refractivity contribution in [3.8, 4) is 5.75 Å². The van der Waals surface area contributed by atoms with E-state index in [2.05, 4.69) is 37.3 Å². The van der Waals surface area contributed by atoms with Gasteiger partial charge in [-0.15, -0.1) is 0 Å². The molecule has 2 aromatic rings. The van der Waals surface area contributed by atoms with Gasteiger partial charge in [0.15, 0.2) is 0 Å². The number of fused-ring (bicyclic) bond motifs is 5. The van der Waals surface area contributed by atoms with E-state index in [-0.39, 0.29) is 5.41 Å². The zero-order chi connectivity index (χ0) is 20.0. The monoisotopic (exact) mass is 388 g/mol. The van der Waals surface area contributed by atoms with Gasteiger partial charge in [0.25, 0.3) is 0 Å². The molecule has 3 aliphatic rings. The third-order valence-electron chi connectivity index (χ3n) is 8.53. The number of aryl methyl sites for hydroxylation is 3. The minimum Gasteiger partial charge on any atom is -0.508 e. The zero-order valence-electron chi connectivity index (χ0n) is 17.5. The van der Waals surface area contributed by atoms with Gasteiger partial charge in [-0.1, -0.05) is 43.3 Å². The minimum atomic E-state index is -0.0221. The molecular weight excluding hydrogens is 356 g/mol. The first-order valence-corrected chi connectivity index (χ1v) is 11.5. The highest BCUT2D eigenvalue weighted by Gasteiger charge is 2.56. The summed E-state index contributed by atoms with van der Waals surface area (Å²) in [6, 6.07) is 14.9. The van der Waals surface area contributed by atoms with E-state index in [4.69, 9.17) is 0 Å². The third-order valence-corrected chi connectivity index (χ3v) is 8.53. The molecule has 0 bridgehead atoms. The molecule has 0 amide bonds. The average Bonchev–Trinajstić information content (AvgIpc) is 3.10. The molecule has 0 spiro atoms. The van der Waals surface area contributed by atoms with Gasteiger partial charge in [0.05, 0.1) is 0 Å². The topological polar surface area (TPSA) is 37.3 Å². The first kappa shape index (κ1) is 18.9. The Kier molecular flexibility index (Phi) is 4.76. The highest BCUT2D eigenvalue weighted by atomic mass is 16.3. The summed E-state index contributed by atoms with van der Waals surface area (Å²) in [4.78, 5) is 12.8. The molecule has 0 saturated heterocycles. The van der Waals surface area contributed by atoms with Crippen LogP contribution in [0.4, 0.5) is 0 Å². The number of carbonyl (C=O) groups is 1. The van der Waals surface area contributed by atoms with Gasteiger partial charge in [-0.2, -0.15) is 0 Å². The molecule has 5 rings (SSSR count). The zero-order valence-corrected chi connectivity index (χ0v) is 17.5. The van der Waals surface area contributed by atoms with E-state index in [0.717, 1.165) is 56.9 Å². The molecule has 2 nitrogen and oxygen atoms in total. The van der Waals surface area contributed by atoms with Crippen molar-refractivity contribution in [2.45, 2.75) is 70.6 Å². The number of rotatable bonds is 4. The van der Waals surface area contributed by atoms with E-state index in [1.165, 1.54) is 23.1 Å². The van der Waals surface area contributed by atoms with Crippen LogP contribution in [0.3, 0.4) is 0 Å². The maximum atomic E-state index is 12.8. The number of benzene rings is 2. The summed E-state index contributed by atoms with van der Waals surface area (Å²) < 4.78 is 0. The average molecular weight is 389 g/mol. The Hall–Kier alpha value is -2.09. The first-order valence-electron chi connectivity index (χ1n) is 11.5. The molecule has 0 heterocycles. The highest BCUT2D eigenvalue weighted by Crippen LogP contribution is 2.61. The molecule has 3 aliphatic carbocycles. The van der Waals surface area contributed by atoms with Crippen molar-refractivity contribution in [2.24, 2.45) is 17.3 Å². The Balaban J connectivity index is 1.43. The quantitative estimate of drug-likeness (QED) is 0.698. The van der Waals surface area contributed by atoms with Crippen molar-refractivity contribution < 1.29 is 9.90 Å². The van der Waals surface area contributed by atoms with Crippen LogP contribution in [0.2, 0.25) is 0 Å². The van der Waals surface area contributed by atoms with E-state index in [9.17, 15) is 9.90 Å². The molecule has 4 atom stereocenters. The molecule has 2 aromatic carbocycles. The predicted molar refractivity (Wildman–Crippen MR) is 116 cm³/mol. The molecular formula is C27H32O2. The number of phenolic OH excluding ortho intramolecular Hbond substituents is 1. The van der Waals surface area contributed by atoms with E-state index in [1.807, 2.05) is 12.1 Å². The lowest BCUT2D eigenvalue weighted by Gasteiger charge is -2.49. The molecule has 2 fully saturated rings. The SMILES string of the molecule is CC[C@]12CC[C@@H]3c4cc(CCc5ccccc5)c(O)cc4CC[C@H]3[C@@H]1CCC2=O. The van der Waals surface area contributed by atoms with E-state index in [1.54, 1.807) is 0 Å². The van der Waals surface area contributed by atoms with Gasteiger partial charge in [-0.05, 0) is 97.4 Å². The van der Waals surface area contributed by atoms with Gasteiger partial charge in [0.2, 0.25) is 0 Å². The third kappa shape index (κ3) is 3.03. The largest absolute Gasteiger partial charge is 0.508 e. The van der Waals surface area contributed by atoms with Crippen LogP contribution in [0.25, 0.3) is 0 Å². The second kappa shape index (κ2) is 7.31. The number of phenols is 1. The second-order valence-electron chi connectivity index (χ2n) is 9.59. The molecule has 2 heteroatoms. The van der Waals surface area contributed by atoms with Crippen LogP contribution in [-0.4, -0.2) is 10.9 Å². The number of hydrogen-bond acceptors (Lipinski definition) is 2. The number of aromatic hydroxyl groups is 1. The van der Waals surface area contributed by atoms with Gasteiger partial charge in [0.1, 0.15) is 11.5 Å². The van der Waals surface area contributed by atoms with Crippen molar-refractivity contribution in [1.82, 2.24) is 0 Å². The minimum absolute atomic E-state index is 0.0221. The van der Waals surface area contributed by atoms with Crippen molar-refractivity contribution >= 4 is 5.78 Å². The van der Waals surface area contributed by atoms with Crippen LogP contribution in [0.1, 0.15) is 73.6 Å².